The van der Waals surface area contributed by atoms with Crippen LogP contribution in [-0.2, 0) is 14.8 Å². The average molecular weight is 335 g/mol. The van der Waals surface area contributed by atoms with Crippen LogP contribution in [0.5, 0.6) is 0 Å². The minimum Gasteiger partial charge on any atom is -0.378 e. The van der Waals surface area contributed by atoms with Crippen molar-refractivity contribution in [3.63, 3.8) is 0 Å². The van der Waals surface area contributed by atoms with Crippen molar-refractivity contribution in [1.29, 1.82) is 0 Å². The molecule has 5 nitrogen and oxygen atoms in total. The molecule has 1 aliphatic heterocycles. The van der Waals surface area contributed by atoms with Crippen LogP contribution in [0.25, 0.3) is 0 Å². The molecule has 2 rings (SSSR count). The standard InChI is InChI=1S/C11H15BrN2O3S/c12-9-1-3-11(4-2-9)18(15,16)14-5-6-17-8-10(14)7-13/h1-4,10H,5-8,13H2. The van der Waals surface area contributed by atoms with Gasteiger partial charge in [0.1, 0.15) is 0 Å². The van der Waals surface area contributed by atoms with Crippen LogP contribution in [0.2, 0.25) is 0 Å². The largest absolute Gasteiger partial charge is 0.378 e. The van der Waals surface area contributed by atoms with Crippen molar-refractivity contribution in [2.24, 2.45) is 5.73 Å². The van der Waals surface area contributed by atoms with Crippen LogP contribution in [-0.4, -0.2) is 45.1 Å². The van der Waals surface area contributed by atoms with Crippen LogP contribution in [0.15, 0.2) is 33.6 Å². The van der Waals surface area contributed by atoms with E-state index < -0.39 is 10.0 Å². The van der Waals surface area contributed by atoms with E-state index in [4.69, 9.17) is 10.5 Å². The quantitative estimate of drug-likeness (QED) is 0.887. The van der Waals surface area contributed by atoms with E-state index in [2.05, 4.69) is 15.9 Å². The molecular weight excluding hydrogens is 320 g/mol. The number of nitrogens with two attached hydrogens (primary N) is 1. The lowest BCUT2D eigenvalue weighted by Crippen LogP contribution is -2.51. The molecule has 0 amide bonds. The molecule has 0 saturated carbocycles. The summed E-state index contributed by atoms with van der Waals surface area (Å²) in [7, 11) is -3.49. The molecule has 1 aliphatic rings. The second kappa shape index (κ2) is 5.66. The summed E-state index contributed by atoms with van der Waals surface area (Å²) < 4.78 is 32.5. The zero-order valence-electron chi connectivity index (χ0n) is 9.75. The Morgan fingerprint density at radius 1 is 1.39 bits per heavy atom. The Hall–Kier alpha value is -0.470. The zero-order valence-corrected chi connectivity index (χ0v) is 12.2. The number of sulfonamides is 1. The summed E-state index contributed by atoms with van der Waals surface area (Å²) in [5.74, 6) is 0. The normalized spacial score (nSPS) is 22.0. The molecule has 7 heteroatoms. The van der Waals surface area contributed by atoms with Gasteiger partial charge in [0.05, 0.1) is 24.2 Å². The lowest BCUT2D eigenvalue weighted by atomic mass is 10.3. The van der Waals surface area contributed by atoms with Crippen LogP contribution in [0.1, 0.15) is 0 Å². The van der Waals surface area contributed by atoms with E-state index in [1.54, 1.807) is 24.3 Å². The summed E-state index contributed by atoms with van der Waals surface area (Å²) in [6.45, 7) is 1.37. The van der Waals surface area contributed by atoms with Crippen molar-refractivity contribution in [3.05, 3.63) is 28.7 Å². The fourth-order valence-electron chi connectivity index (χ4n) is 1.88. The van der Waals surface area contributed by atoms with Crippen molar-refractivity contribution < 1.29 is 13.2 Å². The number of nitrogens with zero attached hydrogens (tertiary/aromatic N) is 1. The Labute approximate surface area is 115 Å². The topological polar surface area (TPSA) is 72.6 Å². The summed E-state index contributed by atoms with van der Waals surface area (Å²) >= 11 is 3.29. The van der Waals surface area contributed by atoms with Gasteiger partial charge in [-0.15, -0.1) is 0 Å². The highest BCUT2D eigenvalue weighted by atomic mass is 79.9. The molecular formula is C11H15BrN2O3S. The van der Waals surface area contributed by atoms with E-state index in [-0.39, 0.29) is 17.5 Å². The van der Waals surface area contributed by atoms with Gasteiger partial charge in [0.25, 0.3) is 0 Å². The molecule has 1 fully saturated rings. The number of hydrogen-bond donors (Lipinski definition) is 1. The van der Waals surface area contributed by atoms with Crippen molar-refractivity contribution in [2.75, 3.05) is 26.3 Å². The molecule has 1 atom stereocenters. The zero-order chi connectivity index (χ0) is 13.2. The van der Waals surface area contributed by atoms with Gasteiger partial charge in [-0.05, 0) is 24.3 Å². The molecule has 18 heavy (non-hydrogen) atoms. The Morgan fingerprint density at radius 2 is 2.06 bits per heavy atom. The minimum absolute atomic E-state index is 0.260. The first kappa shape index (κ1) is 14.0. The first-order chi connectivity index (χ1) is 8.55. The summed E-state index contributed by atoms with van der Waals surface area (Å²) in [5.41, 5.74) is 5.60. The highest BCUT2D eigenvalue weighted by Crippen LogP contribution is 2.21. The number of hydrogen-bond acceptors (Lipinski definition) is 4. The Kier molecular flexibility index (Phi) is 4.39. The number of morpholine rings is 1. The SMILES string of the molecule is NCC1COCCN1S(=O)(=O)c1ccc(Br)cc1. The molecule has 0 aliphatic carbocycles. The molecule has 100 valence electrons. The van der Waals surface area contributed by atoms with E-state index in [9.17, 15) is 8.42 Å². The Balaban J connectivity index is 2.32. The van der Waals surface area contributed by atoms with Gasteiger partial charge in [-0.3, -0.25) is 0 Å². The summed E-state index contributed by atoms with van der Waals surface area (Å²) in [5, 5.41) is 0. The molecule has 1 heterocycles. The first-order valence-corrected chi connectivity index (χ1v) is 7.84. The molecule has 1 aromatic rings. The van der Waals surface area contributed by atoms with E-state index >= 15 is 0 Å². The highest BCUT2D eigenvalue weighted by molar-refractivity contribution is 9.10. The minimum atomic E-state index is -3.49. The third kappa shape index (κ3) is 2.75. The second-order valence-corrected chi connectivity index (χ2v) is 6.84. The molecule has 0 radical (unpaired) electrons. The third-order valence-corrected chi connectivity index (χ3v) is 5.36. The van der Waals surface area contributed by atoms with Gasteiger partial charge in [-0.25, -0.2) is 8.42 Å². The second-order valence-electron chi connectivity index (χ2n) is 4.03. The average Bonchev–Trinajstić information content (AvgIpc) is 2.39. The van der Waals surface area contributed by atoms with Gasteiger partial charge in [0, 0.05) is 17.6 Å². The van der Waals surface area contributed by atoms with Crippen molar-refractivity contribution >= 4 is 26.0 Å². The molecule has 1 aromatic carbocycles. The maximum atomic E-state index is 12.5. The lowest BCUT2D eigenvalue weighted by Gasteiger charge is -2.33. The van der Waals surface area contributed by atoms with E-state index in [0.717, 1.165) is 4.47 Å². The van der Waals surface area contributed by atoms with Crippen molar-refractivity contribution in [2.45, 2.75) is 10.9 Å². The molecule has 0 spiro atoms. The van der Waals surface area contributed by atoms with Crippen LogP contribution in [0.4, 0.5) is 0 Å². The van der Waals surface area contributed by atoms with Crippen LogP contribution >= 0.6 is 15.9 Å². The van der Waals surface area contributed by atoms with Crippen LogP contribution in [0, 0.1) is 0 Å². The molecule has 1 unspecified atom stereocenters. The smallest absolute Gasteiger partial charge is 0.243 e. The predicted molar refractivity (Wildman–Crippen MR) is 71.7 cm³/mol. The van der Waals surface area contributed by atoms with Gasteiger partial charge in [-0.2, -0.15) is 4.31 Å². The van der Waals surface area contributed by atoms with Crippen LogP contribution in [0.3, 0.4) is 0 Å². The number of benzene rings is 1. The third-order valence-electron chi connectivity index (χ3n) is 2.87. The molecule has 1 saturated heterocycles. The van der Waals surface area contributed by atoms with E-state index in [1.807, 2.05) is 0 Å². The lowest BCUT2D eigenvalue weighted by molar-refractivity contribution is 0.0358. The van der Waals surface area contributed by atoms with Gasteiger partial charge >= 0.3 is 0 Å². The van der Waals surface area contributed by atoms with Gasteiger partial charge in [0.2, 0.25) is 10.0 Å². The Bertz CT molecular complexity index is 504. The highest BCUT2D eigenvalue weighted by Gasteiger charge is 2.33. The molecule has 0 bridgehead atoms. The molecule has 0 aromatic heterocycles. The van der Waals surface area contributed by atoms with E-state index in [0.29, 0.717) is 19.8 Å². The number of halogens is 1. The number of rotatable bonds is 3. The van der Waals surface area contributed by atoms with Crippen molar-refractivity contribution in [1.82, 2.24) is 4.31 Å². The maximum absolute atomic E-state index is 12.5. The molecule has 2 N–H and O–H groups in total. The fraction of sp³-hybridized carbons (Fsp3) is 0.455. The van der Waals surface area contributed by atoms with Crippen molar-refractivity contribution in [3.8, 4) is 0 Å². The summed E-state index contributed by atoms with van der Waals surface area (Å²) in [6, 6.07) is 6.31. The first-order valence-electron chi connectivity index (χ1n) is 5.61. The van der Waals surface area contributed by atoms with Gasteiger partial charge in [-0.1, -0.05) is 15.9 Å². The fourth-order valence-corrected chi connectivity index (χ4v) is 3.75. The summed E-state index contributed by atoms with van der Waals surface area (Å²) in [4.78, 5) is 0.283. The van der Waals surface area contributed by atoms with Crippen LogP contribution < -0.4 is 5.73 Å². The maximum Gasteiger partial charge on any atom is 0.243 e. The summed E-state index contributed by atoms with van der Waals surface area (Å²) in [6.07, 6.45) is 0. The van der Waals surface area contributed by atoms with Gasteiger partial charge < -0.3 is 10.5 Å². The Morgan fingerprint density at radius 3 is 2.67 bits per heavy atom. The monoisotopic (exact) mass is 334 g/mol. The predicted octanol–water partition coefficient (Wildman–Crippen LogP) is 0.797. The number of ether oxygens (including phenoxy) is 1. The van der Waals surface area contributed by atoms with Gasteiger partial charge in [0.15, 0.2) is 0 Å². The van der Waals surface area contributed by atoms with E-state index in [1.165, 1.54) is 4.31 Å².